The minimum atomic E-state index is -4.62. The van der Waals surface area contributed by atoms with Crippen molar-refractivity contribution in [2.45, 2.75) is 57.8 Å². The number of alkyl halides is 3. The summed E-state index contributed by atoms with van der Waals surface area (Å²) in [5, 5.41) is 10.6. The molecule has 10 nitrogen and oxygen atoms in total. The standard InChI is InChI=1S/C29H31ClF3N7O3/c1-28(12-17-11-21(30)25-19(14-35-37-25)20(17)15-39(26(28)42)16-29(31,32)33)13-24(41)38-8-4-18(5-9-38)40-10-6-22-23(36-27(40)43)3-2-7-34-22/h2-3,7,11,14,18H,4-6,8-10,12-13,15-16H2,1H3,(H,35,37)(H,36,43). The molecule has 1 aromatic carbocycles. The van der Waals surface area contributed by atoms with E-state index in [0.717, 1.165) is 10.6 Å². The summed E-state index contributed by atoms with van der Waals surface area (Å²) in [7, 11) is 0. The first-order valence-electron chi connectivity index (χ1n) is 14.2. The monoisotopic (exact) mass is 617 g/mol. The fourth-order valence-corrected chi connectivity index (χ4v) is 6.91. The summed E-state index contributed by atoms with van der Waals surface area (Å²) in [6.45, 7) is 1.09. The Bertz CT molecular complexity index is 1590. The molecule has 2 aromatic heterocycles. The Kier molecular flexibility index (Phi) is 7.47. The Morgan fingerprint density at radius 3 is 2.72 bits per heavy atom. The highest BCUT2D eigenvalue weighted by Crippen LogP contribution is 2.40. The van der Waals surface area contributed by atoms with Gasteiger partial charge in [0.05, 0.1) is 33.5 Å². The third-order valence-corrected chi connectivity index (χ3v) is 9.07. The lowest BCUT2D eigenvalue weighted by molar-refractivity contribution is -0.169. The van der Waals surface area contributed by atoms with E-state index in [4.69, 9.17) is 11.6 Å². The van der Waals surface area contributed by atoms with Crippen molar-refractivity contribution in [1.29, 1.82) is 0 Å². The van der Waals surface area contributed by atoms with E-state index < -0.39 is 24.0 Å². The number of nitrogens with zero attached hydrogens (tertiary/aromatic N) is 5. The maximum absolute atomic E-state index is 13.8. The number of hydrogen-bond donors (Lipinski definition) is 2. The number of aromatic nitrogens is 3. The summed E-state index contributed by atoms with van der Waals surface area (Å²) in [5.74, 6) is -1.04. The fraction of sp³-hybridized carbons (Fsp3) is 0.483. The maximum Gasteiger partial charge on any atom is 0.406 e. The second-order valence-electron chi connectivity index (χ2n) is 11.8. The zero-order valence-electron chi connectivity index (χ0n) is 23.5. The lowest BCUT2D eigenvalue weighted by atomic mass is 9.78. The third-order valence-electron chi connectivity index (χ3n) is 8.78. The second-order valence-corrected chi connectivity index (χ2v) is 12.2. The predicted octanol–water partition coefficient (Wildman–Crippen LogP) is 4.54. The number of aromatic amines is 1. The number of urea groups is 1. The number of H-pyrrole nitrogens is 1. The molecule has 3 aromatic rings. The van der Waals surface area contributed by atoms with Crippen LogP contribution in [-0.4, -0.2) is 86.1 Å². The van der Waals surface area contributed by atoms with Crippen LogP contribution in [0.4, 0.5) is 23.7 Å². The molecule has 0 aliphatic carbocycles. The summed E-state index contributed by atoms with van der Waals surface area (Å²) in [4.78, 5) is 48.9. The van der Waals surface area contributed by atoms with Gasteiger partial charge in [-0.15, -0.1) is 0 Å². The Labute approximate surface area is 250 Å². The highest BCUT2D eigenvalue weighted by Gasteiger charge is 2.46. The normalized spacial score (nSPS) is 21.7. The van der Waals surface area contributed by atoms with Crippen LogP contribution in [0.25, 0.3) is 10.9 Å². The number of anilines is 1. The van der Waals surface area contributed by atoms with Gasteiger partial charge in [-0.25, -0.2) is 4.79 Å². The lowest BCUT2D eigenvalue weighted by Crippen LogP contribution is -2.51. The number of carbonyl (C=O) groups is 3. The maximum atomic E-state index is 13.8. The quantitative estimate of drug-likeness (QED) is 0.446. The molecule has 1 atom stereocenters. The molecule has 5 heterocycles. The summed E-state index contributed by atoms with van der Waals surface area (Å²) >= 11 is 6.45. The summed E-state index contributed by atoms with van der Waals surface area (Å²) < 4.78 is 40.9. The topological polar surface area (TPSA) is 115 Å². The zero-order chi connectivity index (χ0) is 30.5. The van der Waals surface area contributed by atoms with Crippen LogP contribution in [0.5, 0.6) is 0 Å². The van der Waals surface area contributed by atoms with Gasteiger partial charge in [0, 0.05) is 56.6 Å². The number of carbonyl (C=O) groups excluding carboxylic acids is 3. The van der Waals surface area contributed by atoms with Gasteiger partial charge in [-0.2, -0.15) is 18.3 Å². The Balaban J connectivity index is 1.18. The van der Waals surface area contributed by atoms with Gasteiger partial charge < -0.3 is 20.0 Å². The SMILES string of the molecule is CC1(CC(=O)N2CCC(N3CCc4ncccc4NC3=O)CC2)Cc2cc(Cl)c3[nH]ncc3c2CN(CC(F)(F)F)C1=O. The number of fused-ring (bicyclic) bond motifs is 4. The van der Waals surface area contributed by atoms with Crippen molar-refractivity contribution in [3.63, 3.8) is 0 Å². The minimum absolute atomic E-state index is 0.0567. The second kappa shape index (κ2) is 11.0. The number of pyridine rings is 1. The van der Waals surface area contributed by atoms with Crippen LogP contribution in [0, 0.1) is 5.41 Å². The van der Waals surface area contributed by atoms with E-state index >= 15 is 0 Å². The van der Waals surface area contributed by atoms with Gasteiger partial charge >= 0.3 is 12.2 Å². The Morgan fingerprint density at radius 2 is 1.98 bits per heavy atom. The van der Waals surface area contributed by atoms with Gasteiger partial charge in [-0.1, -0.05) is 11.6 Å². The number of benzene rings is 1. The molecule has 43 heavy (non-hydrogen) atoms. The van der Waals surface area contributed by atoms with Gasteiger partial charge in [0.25, 0.3) is 0 Å². The smallest absolute Gasteiger partial charge is 0.343 e. The molecule has 0 saturated carbocycles. The lowest BCUT2D eigenvalue weighted by Gasteiger charge is -2.39. The van der Waals surface area contributed by atoms with Crippen molar-refractivity contribution in [2.75, 3.05) is 31.5 Å². The first-order chi connectivity index (χ1) is 20.4. The average molecular weight is 618 g/mol. The molecule has 1 unspecified atom stereocenters. The molecule has 0 bridgehead atoms. The van der Waals surface area contributed by atoms with Crippen LogP contribution in [0.1, 0.15) is 43.0 Å². The van der Waals surface area contributed by atoms with E-state index in [9.17, 15) is 27.6 Å². The zero-order valence-corrected chi connectivity index (χ0v) is 24.3. The average Bonchev–Trinajstić information content (AvgIpc) is 3.35. The van der Waals surface area contributed by atoms with Crippen molar-refractivity contribution >= 4 is 46.0 Å². The van der Waals surface area contributed by atoms with Crippen molar-refractivity contribution in [3.8, 4) is 0 Å². The van der Waals surface area contributed by atoms with Crippen LogP contribution in [0.15, 0.2) is 30.6 Å². The molecule has 1 saturated heterocycles. The van der Waals surface area contributed by atoms with E-state index in [1.807, 2.05) is 6.07 Å². The minimum Gasteiger partial charge on any atom is -0.343 e. The van der Waals surface area contributed by atoms with E-state index in [0.29, 0.717) is 71.6 Å². The predicted molar refractivity (Wildman–Crippen MR) is 152 cm³/mol. The van der Waals surface area contributed by atoms with Crippen LogP contribution in [0.3, 0.4) is 0 Å². The van der Waals surface area contributed by atoms with Gasteiger partial charge in [0.2, 0.25) is 11.8 Å². The molecule has 3 aliphatic heterocycles. The fourth-order valence-electron chi connectivity index (χ4n) is 6.64. The third kappa shape index (κ3) is 5.74. The summed E-state index contributed by atoms with van der Waals surface area (Å²) in [5.41, 5.74) is 1.74. The van der Waals surface area contributed by atoms with Gasteiger partial charge in [0.15, 0.2) is 0 Å². The highest BCUT2D eigenvalue weighted by molar-refractivity contribution is 6.35. The Morgan fingerprint density at radius 1 is 1.21 bits per heavy atom. The van der Waals surface area contributed by atoms with Gasteiger partial charge in [0.1, 0.15) is 6.54 Å². The van der Waals surface area contributed by atoms with Crippen LogP contribution >= 0.6 is 11.6 Å². The molecule has 0 spiro atoms. The molecule has 3 aliphatic rings. The molecule has 228 valence electrons. The van der Waals surface area contributed by atoms with Gasteiger partial charge in [-0.3, -0.25) is 19.7 Å². The van der Waals surface area contributed by atoms with Crippen molar-refractivity contribution in [1.82, 2.24) is 29.9 Å². The molecule has 2 N–H and O–H groups in total. The number of likely N-dealkylation sites (tertiary alicyclic amines) is 1. The van der Waals surface area contributed by atoms with E-state index in [1.54, 1.807) is 35.1 Å². The van der Waals surface area contributed by atoms with Crippen LogP contribution in [-0.2, 0) is 29.0 Å². The van der Waals surface area contributed by atoms with Crippen LogP contribution in [0.2, 0.25) is 5.02 Å². The number of halogens is 4. The molecule has 1 fully saturated rings. The van der Waals surface area contributed by atoms with E-state index in [-0.39, 0.29) is 37.4 Å². The molecule has 4 amide bonds. The number of nitrogens with one attached hydrogen (secondary N) is 2. The number of piperidine rings is 1. The first-order valence-corrected chi connectivity index (χ1v) is 14.6. The van der Waals surface area contributed by atoms with E-state index in [2.05, 4.69) is 20.5 Å². The number of amides is 4. The van der Waals surface area contributed by atoms with Crippen LogP contribution < -0.4 is 5.32 Å². The highest BCUT2D eigenvalue weighted by atomic mass is 35.5. The molecular formula is C29H31ClF3N7O3. The number of rotatable bonds is 4. The molecule has 6 rings (SSSR count). The summed E-state index contributed by atoms with van der Waals surface area (Å²) in [6.07, 6.45) is 0.0738. The summed E-state index contributed by atoms with van der Waals surface area (Å²) in [6, 6.07) is 4.95. The van der Waals surface area contributed by atoms with Crippen molar-refractivity contribution < 1.29 is 27.6 Å². The Hall–Kier alpha value is -3.87. The van der Waals surface area contributed by atoms with Gasteiger partial charge in [-0.05, 0) is 55.5 Å². The largest absolute Gasteiger partial charge is 0.406 e. The van der Waals surface area contributed by atoms with Crippen molar-refractivity contribution in [3.05, 3.63) is 52.4 Å². The molecule has 14 heteroatoms. The first kappa shape index (κ1) is 29.2. The van der Waals surface area contributed by atoms with E-state index in [1.165, 1.54) is 6.20 Å². The number of hydrogen-bond acceptors (Lipinski definition) is 5. The van der Waals surface area contributed by atoms with Crippen molar-refractivity contribution in [2.24, 2.45) is 5.41 Å². The molecular weight excluding hydrogens is 587 g/mol. The molecule has 0 radical (unpaired) electrons.